The molecule has 0 aromatic carbocycles. The summed E-state index contributed by atoms with van der Waals surface area (Å²) in [4.78, 5) is 14.4. The van der Waals surface area contributed by atoms with Crippen molar-refractivity contribution >= 4 is 6.29 Å². The first-order valence-electron chi connectivity index (χ1n) is 4.54. The van der Waals surface area contributed by atoms with E-state index in [0.29, 0.717) is 18.1 Å². The van der Waals surface area contributed by atoms with Crippen molar-refractivity contribution in [2.24, 2.45) is 0 Å². The van der Waals surface area contributed by atoms with Crippen LogP contribution in [0.4, 0.5) is 0 Å². The highest BCUT2D eigenvalue weighted by atomic mass is 16.5. The molecule has 0 unspecified atom stereocenters. The molecular weight excluding hydrogens is 182 g/mol. The van der Waals surface area contributed by atoms with Crippen LogP contribution in [0.15, 0.2) is 18.3 Å². The van der Waals surface area contributed by atoms with Gasteiger partial charge in [-0.2, -0.15) is 0 Å². The number of rotatable bonds is 3. The molecule has 0 spiro atoms. The molecule has 1 aromatic rings. The van der Waals surface area contributed by atoms with E-state index >= 15 is 0 Å². The van der Waals surface area contributed by atoms with Crippen molar-refractivity contribution in [1.82, 2.24) is 4.98 Å². The van der Waals surface area contributed by atoms with Crippen molar-refractivity contribution in [3.63, 3.8) is 0 Å². The predicted molar refractivity (Wildman–Crippen MR) is 49.5 cm³/mol. The van der Waals surface area contributed by atoms with E-state index in [1.807, 2.05) is 0 Å². The maximum Gasteiger partial charge on any atom is 0.213 e. The quantitative estimate of drug-likeness (QED) is 0.673. The van der Waals surface area contributed by atoms with Gasteiger partial charge in [-0.3, -0.25) is 4.79 Å². The molecule has 0 amide bonds. The SMILES string of the molecule is O=Cc1ccc(O[C@@H]2CCOC2)nc1. The number of carbonyl (C=O) groups excluding carboxylic acids is 1. The Morgan fingerprint density at radius 2 is 2.50 bits per heavy atom. The van der Waals surface area contributed by atoms with Gasteiger partial charge in [-0.25, -0.2) is 4.98 Å². The molecule has 0 bridgehead atoms. The van der Waals surface area contributed by atoms with Gasteiger partial charge in [-0.05, 0) is 6.07 Å². The maximum atomic E-state index is 10.4. The highest BCUT2D eigenvalue weighted by molar-refractivity contribution is 5.73. The number of hydrogen-bond donors (Lipinski definition) is 0. The Bertz CT molecular complexity index is 304. The third kappa shape index (κ3) is 2.09. The summed E-state index contributed by atoms with van der Waals surface area (Å²) in [7, 11) is 0. The Morgan fingerprint density at radius 3 is 3.07 bits per heavy atom. The molecule has 1 aliphatic heterocycles. The van der Waals surface area contributed by atoms with Crippen LogP contribution in [-0.2, 0) is 4.74 Å². The van der Waals surface area contributed by atoms with E-state index in [4.69, 9.17) is 9.47 Å². The van der Waals surface area contributed by atoms with Crippen molar-refractivity contribution in [2.45, 2.75) is 12.5 Å². The van der Waals surface area contributed by atoms with Gasteiger partial charge in [0.15, 0.2) is 6.29 Å². The summed E-state index contributed by atoms with van der Waals surface area (Å²) in [6, 6.07) is 3.38. The zero-order chi connectivity index (χ0) is 9.80. The van der Waals surface area contributed by atoms with Gasteiger partial charge in [0.2, 0.25) is 5.88 Å². The molecule has 2 heterocycles. The van der Waals surface area contributed by atoms with Crippen LogP contribution in [0.5, 0.6) is 5.88 Å². The molecule has 0 aliphatic carbocycles. The van der Waals surface area contributed by atoms with E-state index in [1.54, 1.807) is 12.1 Å². The number of hydrogen-bond acceptors (Lipinski definition) is 4. The summed E-state index contributed by atoms with van der Waals surface area (Å²) in [6.07, 6.45) is 3.26. The summed E-state index contributed by atoms with van der Waals surface area (Å²) in [5.41, 5.74) is 0.556. The zero-order valence-electron chi connectivity index (χ0n) is 7.68. The molecule has 1 saturated heterocycles. The molecule has 1 atom stereocenters. The van der Waals surface area contributed by atoms with E-state index < -0.39 is 0 Å². The highest BCUT2D eigenvalue weighted by Gasteiger charge is 2.17. The molecular formula is C10H11NO3. The van der Waals surface area contributed by atoms with Crippen LogP contribution in [0.2, 0.25) is 0 Å². The minimum Gasteiger partial charge on any atom is -0.472 e. The van der Waals surface area contributed by atoms with Crippen molar-refractivity contribution in [2.75, 3.05) is 13.2 Å². The van der Waals surface area contributed by atoms with Crippen LogP contribution in [-0.4, -0.2) is 30.6 Å². The monoisotopic (exact) mass is 193 g/mol. The van der Waals surface area contributed by atoms with Crippen molar-refractivity contribution < 1.29 is 14.3 Å². The topological polar surface area (TPSA) is 48.4 Å². The number of carbonyl (C=O) groups is 1. The second-order valence-corrected chi connectivity index (χ2v) is 3.15. The Balaban J connectivity index is 1.98. The van der Waals surface area contributed by atoms with Crippen molar-refractivity contribution in [3.05, 3.63) is 23.9 Å². The molecule has 0 N–H and O–H groups in total. The number of ether oxygens (including phenoxy) is 2. The lowest BCUT2D eigenvalue weighted by Gasteiger charge is -2.09. The lowest BCUT2D eigenvalue weighted by molar-refractivity contribution is 0.112. The maximum absolute atomic E-state index is 10.4. The second-order valence-electron chi connectivity index (χ2n) is 3.15. The second kappa shape index (κ2) is 4.19. The fraction of sp³-hybridized carbons (Fsp3) is 0.400. The Morgan fingerprint density at radius 1 is 1.57 bits per heavy atom. The molecule has 4 nitrogen and oxygen atoms in total. The average Bonchev–Trinajstić information content (AvgIpc) is 2.72. The predicted octanol–water partition coefficient (Wildman–Crippen LogP) is 1.06. The van der Waals surface area contributed by atoms with Gasteiger partial charge in [0.05, 0.1) is 13.2 Å². The zero-order valence-corrected chi connectivity index (χ0v) is 7.68. The van der Waals surface area contributed by atoms with Crippen LogP contribution in [0.3, 0.4) is 0 Å². The molecule has 2 rings (SSSR count). The van der Waals surface area contributed by atoms with E-state index in [-0.39, 0.29) is 6.10 Å². The summed E-state index contributed by atoms with van der Waals surface area (Å²) in [5.74, 6) is 0.547. The molecule has 0 radical (unpaired) electrons. The first-order chi connectivity index (χ1) is 6.88. The van der Waals surface area contributed by atoms with E-state index in [9.17, 15) is 4.79 Å². The Kier molecular flexibility index (Phi) is 2.74. The van der Waals surface area contributed by atoms with Gasteiger partial charge in [-0.1, -0.05) is 0 Å². The van der Waals surface area contributed by atoms with Gasteiger partial charge in [0.1, 0.15) is 6.10 Å². The number of nitrogens with zero attached hydrogens (tertiary/aromatic N) is 1. The molecule has 1 fully saturated rings. The minimum atomic E-state index is 0.101. The molecule has 4 heteroatoms. The first kappa shape index (κ1) is 9.15. The molecule has 1 aliphatic rings. The largest absolute Gasteiger partial charge is 0.472 e. The summed E-state index contributed by atoms with van der Waals surface area (Å²) in [6.45, 7) is 1.37. The molecule has 0 saturated carbocycles. The van der Waals surface area contributed by atoms with Gasteiger partial charge in [0, 0.05) is 24.2 Å². The molecule has 14 heavy (non-hydrogen) atoms. The van der Waals surface area contributed by atoms with Crippen LogP contribution >= 0.6 is 0 Å². The summed E-state index contributed by atoms with van der Waals surface area (Å²) >= 11 is 0. The number of aldehydes is 1. The fourth-order valence-corrected chi connectivity index (χ4v) is 1.31. The minimum absolute atomic E-state index is 0.101. The van der Waals surface area contributed by atoms with Gasteiger partial charge in [0.25, 0.3) is 0 Å². The Labute approximate surface area is 81.9 Å². The van der Waals surface area contributed by atoms with Crippen LogP contribution in [0.1, 0.15) is 16.8 Å². The molecule has 74 valence electrons. The fourth-order valence-electron chi connectivity index (χ4n) is 1.31. The van der Waals surface area contributed by atoms with Gasteiger partial charge < -0.3 is 9.47 Å². The third-order valence-corrected chi connectivity index (χ3v) is 2.07. The number of pyridine rings is 1. The van der Waals surface area contributed by atoms with Gasteiger partial charge in [-0.15, -0.1) is 0 Å². The van der Waals surface area contributed by atoms with Gasteiger partial charge >= 0.3 is 0 Å². The van der Waals surface area contributed by atoms with Crippen LogP contribution in [0, 0.1) is 0 Å². The van der Waals surface area contributed by atoms with Crippen molar-refractivity contribution in [1.29, 1.82) is 0 Å². The third-order valence-electron chi connectivity index (χ3n) is 2.07. The summed E-state index contributed by atoms with van der Waals surface area (Å²) < 4.78 is 10.7. The number of aromatic nitrogens is 1. The van der Waals surface area contributed by atoms with Crippen molar-refractivity contribution in [3.8, 4) is 5.88 Å². The lowest BCUT2D eigenvalue weighted by Crippen LogP contribution is -2.16. The average molecular weight is 193 g/mol. The molecule has 1 aromatic heterocycles. The first-order valence-corrected chi connectivity index (χ1v) is 4.54. The van der Waals surface area contributed by atoms with E-state index in [2.05, 4.69) is 4.98 Å². The highest BCUT2D eigenvalue weighted by Crippen LogP contribution is 2.13. The standard InChI is InChI=1S/C10H11NO3/c12-6-8-1-2-10(11-5-8)14-9-3-4-13-7-9/h1-2,5-6,9H,3-4,7H2/t9-/m1/s1. The summed E-state index contributed by atoms with van der Waals surface area (Å²) in [5, 5.41) is 0. The van der Waals surface area contributed by atoms with E-state index in [0.717, 1.165) is 19.3 Å². The smallest absolute Gasteiger partial charge is 0.213 e. The van der Waals surface area contributed by atoms with Crippen LogP contribution < -0.4 is 4.74 Å². The Hall–Kier alpha value is -1.42. The lowest BCUT2D eigenvalue weighted by atomic mass is 10.3. The normalized spacial score (nSPS) is 20.7. The van der Waals surface area contributed by atoms with E-state index in [1.165, 1.54) is 6.20 Å². The van der Waals surface area contributed by atoms with Crippen LogP contribution in [0.25, 0.3) is 0 Å².